The zero-order chi connectivity index (χ0) is 14.3. The topological polar surface area (TPSA) is 41.5 Å². The molecular formula is C17H20N2O. The summed E-state index contributed by atoms with van der Waals surface area (Å²) in [5.74, 6) is 1.26. The molecule has 0 atom stereocenters. The van der Waals surface area contributed by atoms with E-state index in [1.807, 2.05) is 18.2 Å². The molecule has 3 nitrogen and oxygen atoms in total. The summed E-state index contributed by atoms with van der Waals surface area (Å²) in [5.41, 5.74) is 2.98. The van der Waals surface area contributed by atoms with Crippen molar-refractivity contribution in [2.75, 3.05) is 0 Å². The fourth-order valence-electron chi connectivity index (χ4n) is 2.27. The van der Waals surface area contributed by atoms with Gasteiger partial charge in [-0.1, -0.05) is 45.0 Å². The molecule has 0 unspecified atom stereocenters. The average Bonchev–Trinajstić information content (AvgIpc) is 3.16. The first-order valence-corrected chi connectivity index (χ1v) is 7.16. The number of nitrogens with zero attached hydrogens (tertiary/aromatic N) is 1. The van der Waals surface area contributed by atoms with Gasteiger partial charge in [0.1, 0.15) is 11.5 Å². The van der Waals surface area contributed by atoms with Gasteiger partial charge in [-0.3, -0.25) is 4.79 Å². The van der Waals surface area contributed by atoms with Crippen molar-refractivity contribution in [3.63, 3.8) is 0 Å². The zero-order valence-electron chi connectivity index (χ0n) is 12.2. The maximum absolute atomic E-state index is 11.9. The normalized spacial score (nSPS) is 21.1. The Hall–Kier alpha value is -1.90. The summed E-state index contributed by atoms with van der Waals surface area (Å²) in [4.78, 5) is 16.3. The van der Waals surface area contributed by atoms with Crippen LogP contribution in [0.3, 0.4) is 0 Å². The molecular weight excluding hydrogens is 248 g/mol. The van der Waals surface area contributed by atoms with Crippen LogP contribution in [-0.4, -0.2) is 11.7 Å². The van der Waals surface area contributed by atoms with Gasteiger partial charge in [0, 0.05) is 5.92 Å². The summed E-state index contributed by atoms with van der Waals surface area (Å²) in [6.45, 7) is 6.57. The Bertz CT molecular complexity index is 599. The minimum atomic E-state index is -0.0770. The first-order valence-electron chi connectivity index (χ1n) is 7.16. The highest BCUT2D eigenvalue weighted by Gasteiger charge is 2.33. The molecule has 0 radical (unpaired) electrons. The third-order valence-electron chi connectivity index (χ3n) is 3.76. The summed E-state index contributed by atoms with van der Waals surface area (Å²) in [6.07, 6.45) is 4.15. The minimum absolute atomic E-state index is 0.0770. The fourth-order valence-corrected chi connectivity index (χ4v) is 2.27. The van der Waals surface area contributed by atoms with Gasteiger partial charge < -0.3 is 5.32 Å². The summed E-state index contributed by atoms with van der Waals surface area (Å²) >= 11 is 0. The largest absolute Gasteiger partial charge is 0.308 e. The molecule has 1 amide bonds. The van der Waals surface area contributed by atoms with Crippen LogP contribution >= 0.6 is 0 Å². The van der Waals surface area contributed by atoms with Crippen molar-refractivity contribution in [1.29, 1.82) is 0 Å². The number of hydrogen-bond acceptors (Lipinski definition) is 2. The third kappa shape index (κ3) is 2.67. The minimum Gasteiger partial charge on any atom is -0.308 e. The van der Waals surface area contributed by atoms with Gasteiger partial charge in [0.15, 0.2) is 0 Å². The molecule has 1 aromatic rings. The van der Waals surface area contributed by atoms with Gasteiger partial charge in [-0.05, 0) is 35.5 Å². The van der Waals surface area contributed by atoms with Crippen molar-refractivity contribution < 1.29 is 4.79 Å². The van der Waals surface area contributed by atoms with Crippen LogP contribution in [0, 0.1) is 5.92 Å². The van der Waals surface area contributed by atoms with Crippen LogP contribution in [0.15, 0.2) is 35.0 Å². The smallest absolute Gasteiger partial charge is 0.275 e. The van der Waals surface area contributed by atoms with Crippen LogP contribution in [0.5, 0.6) is 0 Å². The van der Waals surface area contributed by atoms with Gasteiger partial charge in [-0.15, -0.1) is 0 Å². The molecule has 0 bridgehead atoms. The van der Waals surface area contributed by atoms with Gasteiger partial charge in [0.2, 0.25) is 0 Å². The van der Waals surface area contributed by atoms with Gasteiger partial charge in [0.05, 0.1) is 0 Å². The maximum Gasteiger partial charge on any atom is 0.275 e. The van der Waals surface area contributed by atoms with Crippen LogP contribution in [0.2, 0.25) is 0 Å². The van der Waals surface area contributed by atoms with Gasteiger partial charge in [-0.2, -0.15) is 0 Å². The van der Waals surface area contributed by atoms with Crippen molar-refractivity contribution in [2.24, 2.45) is 10.9 Å². The summed E-state index contributed by atoms with van der Waals surface area (Å²) in [6, 6.07) is 8.33. The number of hydrogen-bond donors (Lipinski definition) is 1. The molecule has 2 aliphatic rings. The van der Waals surface area contributed by atoms with Gasteiger partial charge in [0.25, 0.3) is 5.91 Å². The predicted octanol–water partition coefficient (Wildman–Crippen LogP) is 3.26. The number of nitrogens with one attached hydrogen (secondary N) is 1. The van der Waals surface area contributed by atoms with Gasteiger partial charge >= 0.3 is 0 Å². The molecule has 3 heteroatoms. The zero-order valence-corrected chi connectivity index (χ0v) is 12.2. The van der Waals surface area contributed by atoms with E-state index in [0.717, 1.165) is 24.2 Å². The third-order valence-corrected chi connectivity index (χ3v) is 3.76. The fraction of sp³-hybridized carbons (Fsp3) is 0.412. The van der Waals surface area contributed by atoms with E-state index < -0.39 is 0 Å². The second-order valence-electron chi connectivity index (χ2n) is 6.63. The monoisotopic (exact) mass is 268 g/mol. The standard InChI is InChI=1S/C17H20N2O/c1-17(2,3)13-8-4-11(5-9-13)10-14-16(20)19-15(18-14)12-6-7-12/h4-5,8-10,12H,6-7H2,1-3H3,(H,18,19,20)/b14-10+. The highest BCUT2D eigenvalue weighted by atomic mass is 16.2. The highest BCUT2D eigenvalue weighted by molar-refractivity contribution is 6.15. The van der Waals surface area contributed by atoms with Crippen LogP contribution < -0.4 is 5.32 Å². The molecule has 1 heterocycles. The summed E-state index contributed by atoms with van der Waals surface area (Å²) in [5, 5.41) is 2.86. The molecule has 1 saturated carbocycles. The van der Waals surface area contributed by atoms with E-state index in [9.17, 15) is 4.79 Å². The van der Waals surface area contributed by atoms with E-state index in [1.165, 1.54) is 5.56 Å². The molecule has 0 spiro atoms. The number of benzene rings is 1. The van der Waals surface area contributed by atoms with Crippen LogP contribution in [0.1, 0.15) is 44.7 Å². The second-order valence-corrected chi connectivity index (χ2v) is 6.63. The molecule has 1 aromatic carbocycles. The van der Waals surface area contributed by atoms with E-state index in [1.54, 1.807) is 0 Å². The first kappa shape index (κ1) is 13.1. The van der Waals surface area contributed by atoms with Crippen molar-refractivity contribution in [1.82, 2.24) is 5.32 Å². The molecule has 20 heavy (non-hydrogen) atoms. The number of carbonyl (C=O) groups is 1. The quantitative estimate of drug-likeness (QED) is 0.822. The Balaban J connectivity index is 1.83. The van der Waals surface area contributed by atoms with E-state index >= 15 is 0 Å². The number of amides is 1. The van der Waals surface area contributed by atoms with Crippen LogP contribution in [-0.2, 0) is 10.2 Å². The molecule has 1 N–H and O–H groups in total. The second kappa shape index (κ2) is 4.58. The van der Waals surface area contributed by atoms with Crippen molar-refractivity contribution in [3.8, 4) is 0 Å². The number of amidine groups is 1. The lowest BCUT2D eigenvalue weighted by Crippen LogP contribution is -2.25. The number of aliphatic imine (C=N–C) groups is 1. The molecule has 0 aromatic heterocycles. The van der Waals surface area contributed by atoms with Crippen molar-refractivity contribution in [3.05, 3.63) is 41.1 Å². The molecule has 0 saturated heterocycles. The number of rotatable bonds is 2. The van der Waals surface area contributed by atoms with E-state index in [-0.39, 0.29) is 11.3 Å². The Morgan fingerprint density at radius 1 is 1.20 bits per heavy atom. The van der Waals surface area contributed by atoms with E-state index in [2.05, 4.69) is 43.2 Å². The first-order chi connectivity index (χ1) is 9.43. The van der Waals surface area contributed by atoms with Crippen LogP contribution in [0.25, 0.3) is 6.08 Å². The number of carbonyl (C=O) groups excluding carboxylic acids is 1. The van der Waals surface area contributed by atoms with E-state index in [4.69, 9.17) is 0 Å². The Morgan fingerprint density at radius 2 is 1.85 bits per heavy atom. The molecule has 1 aliphatic heterocycles. The van der Waals surface area contributed by atoms with E-state index in [0.29, 0.717) is 11.6 Å². The SMILES string of the molecule is CC(C)(C)c1ccc(/C=C2/N=C(C3CC3)NC2=O)cc1. The van der Waals surface area contributed by atoms with Crippen molar-refractivity contribution >= 4 is 17.8 Å². The molecule has 1 fully saturated rings. The Kier molecular flexibility index (Phi) is 3.00. The molecule has 1 aliphatic carbocycles. The molecule has 3 rings (SSSR count). The van der Waals surface area contributed by atoms with Gasteiger partial charge in [-0.25, -0.2) is 4.99 Å². The molecule has 104 valence electrons. The average molecular weight is 268 g/mol. The Morgan fingerprint density at radius 3 is 2.40 bits per heavy atom. The van der Waals surface area contributed by atoms with Crippen molar-refractivity contribution in [2.45, 2.75) is 39.0 Å². The highest BCUT2D eigenvalue weighted by Crippen LogP contribution is 2.32. The van der Waals surface area contributed by atoms with Crippen LogP contribution in [0.4, 0.5) is 0 Å². The lowest BCUT2D eigenvalue weighted by Gasteiger charge is -2.18. The maximum atomic E-state index is 11.9. The summed E-state index contributed by atoms with van der Waals surface area (Å²) in [7, 11) is 0. The Labute approximate surface area is 119 Å². The lowest BCUT2D eigenvalue weighted by atomic mass is 9.87. The predicted molar refractivity (Wildman–Crippen MR) is 81.4 cm³/mol. The lowest BCUT2D eigenvalue weighted by molar-refractivity contribution is -0.115. The summed E-state index contributed by atoms with van der Waals surface area (Å²) < 4.78 is 0.